The molecule has 0 aliphatic carbocycles. The van der Waals surface area contributed by atoms with Crippen LogP contribution in [-0.2, 0) is 21.3 Å². The van der Waals surface area contributed by atoms with E-state index in [0.29, 0.717) is 18.8 Å². The van der Waals surface area contributed by atoms with Crippen molar-refractivity contribution in [2.75, 3.05) is 18.5 Å². The van der Waals surface area contributed by atoms with E-state index >= 15 is 0 Å². The third-order valence-electron chi connectivity index (χ3n) is 4.37. The zero-order chi connectivity index (χ0) is 19.3. The number of aromatic carboxylic acids is 1. The lowest BCUT2D eigenvalue weighted by atomic mass is 10.2. The van der Waals surface area contributed by atoms with E-state index < -0.39 is 16.0 Å². The van der Waals surface area contributed by atoms with Gasteiger partial charge in [0.1, 0.15) is 4.90 Å². The van der Waals surface area contributed by atoms with Gasteiger partial charge in [-0.25, -0.2) is 17.9 Å². The average molecular weight is 390 g/mol. The van der Waals surface area contributed by atoms with Gasteiger partial charge in [-0.2, -0.15) is 0 Å². The number of rotatable bonds is 8. The molecule has 144 valence electrons. The Balaban J connectivity index is 1.83. The second kappa shape index (κ2) is 8.51. The molecular formula is C19H22N2O5S. The molecule has 1 saturated heterocycles. The van der Waals surface area contributed by atoms with Crippen LogP contribution < -0.4 is 10.0 Å². The van der Waals surface area contributed by atoms with Crippen molar-refractivity contribution in [2.24, 2.45) is 0 Å². The fourth-order valence-corrected chi connectivity index (χ4v) is 4.18. The van der Waals surface area contributed by atoms with Crippen molar-refractivity contribution >= 4 is 21.7 Å². The van der Waals surface area contributed by atoms with Crippen LogP contribution in [0.3, 0.4) is 0 Å². The van der Waals surface area contributed by atoms with Gasteiger partial charge in [0.2, 0.25) is 10.0 Å². The first-order valence-electron chi connectivity index (χ1n) is 8.72. The minimum atomic E-state index is -3.89. The van der Waals surface area contributed by atoms with E-state index in [1.165, 1.54) is 18.2 Å². The Morgan fingerprint density at radius 2 is 1.96 bits per heavy atom. The van der Waals surface area contributed by atoms with E-state index in [-0.39, 0.29) is 23.1 Å². The summed E-state index contributed by atoms with van der Waals surface area (Å²) in [4.78, 5) is 11.2. The summed E-state index contributed by atoms with van der Waals surface area (Å²) in [5.41, 5.74) is 1.25. The number of carboxylic acid groups (broad SMARTS) is 1. The molecule has 3 N–H and O–H groups in total. The first-order chi connectivity index (χ1) is 13.0. The van der Waals surface area contributed by atoms with Gasteiger partial charge in [-0.15, -0.1) is 0 Å². The van der Waals surface area contributed by atoms with E-state index in [1.807, 2.05) is 30.3 Å². The molecule has 0 unspecified atom stereocenters. The Morgan fingerprint density at radius 3 is 2.63 bits per heavy atom. The van der Waals surface area contributed by atoms with E-state index in [2.05, 4.69) is 10.0 Å². The number of carboxylic acids is 1. The summed E-state index contributed by atoms with van der Waals surface area (Å²) >= 11 is 0. The fourth-order valence-electron chi connectivity index (χ4n) is 2.90. The molecule has 1 atom stereocenters. The lowest BCUT2D eigenvalue weighted by molar-refractivity contribution is 0.0696. The van der Waals surface area contributed by atoms with Crippen LogP contribution in [0.5, 0.6) is 0 Å². The van der Waals surface area contributed by atoms with Crippen molar-refractivity contribution in [1.29, 1.82) is 0 Å². The SMILES string of the molecule is O=C(O)c1ccc(NCc2ccccc2)c(S(=O)(=O)NC[C@H]2CCCO2)c1. The molecule has 0 aromatic heterocycles. The summed E-state index contributed by atoms with van der Waals surface area (Å²) in [6, 6.07) is 13.6. The van der Waals surface area contributed by atoms with Gasteiger partial charge in [0.05, 0.1) is 17.4 Å². The van der Waals surface area contributed by atoms with E-state index in [1.54, 1.807) is 0 Å². The Hall–Kier alpha value is -2.42. The van der Waals surface area contributed by atoms with Crippen LogP contribution in [-0.4, -0.2) is 38.7 Å². The molecule has 1 aliphatic rings. The number of sulfonamides is 1. The summed E-state index contributed by atoms with van der Waals surface area (Å²) in [5, 5.41) is 12.3. The van der Waals surface area contributed by atoms with Gasteiger partial charge in [0.15, 0.2) is 0 Å². The number of anilines is 1. The van der Waals surface area contributed by atoms with Crippen LogP contribution in [0.1, 0.15) is 28.8 Å². The first-order valence-corrected chi connectivity index (χ1v) is 10.2. The average Bonchev–Trinajstić information content (AvgIpc) is 3.19. The largest absolute Gasteiger partial charge is 0.478 e. The van der Waals surface area contributed by atoms with Crippen LogP contribution in [0.2, 0.25) is 0 Å². The predicted octanol–water partition coefficient (Wildman–Crippen LogP) is 2.45. The molecule has 0 spiro atoms. The summed E-state index contributed by atoms with van der Waals surface area (Å²) in [6.45, 7) is 1.21. The highest BCUT2D eigenvalue weighted by Gasteiger charge is 2.23. The zero-order valence-electron chi connectivity index (χ0n) is 14.7. The van der Waals surface area contributed by atoms with Gasteiger partial charge in [-0.3, -0.25) is 0 Å². The molecule has 7 nitrogen and oxygen atoms in total. The molecule has 27 heavy (non-hydrogen) atoms. The Bertz CT molecular complexity index is 894. The molecule has 8 heteroatoms. The van der Waals surface area contributed by atoms with Crippen LogP contribution in [0.25, 0.3) is 0 Å². The van der Waals surface area contributed by atoms with Gasteiger partial charge in [0, 0.05) is 19.7 Å². The van der Waals surface area contributed by atoms with Crippen LogP contribution in [0.4, 0.5) is 5.69 Å². The Morgan fingerprint density at radius 1 is 1.19 bits per heavy atom. The maximum absolute atomic E-state index is 12.8. The normalized spacial score (nSPS) is 17.0. The highest BCUT2D eigenvalue weighted by molar-refractivity contribution is 7.89. The number of nitrogens with one attached hydrogen (secondary N) is 2. The van der Waals surface area contributed by atoms with Gasteiger partial charge in [-0.1, -0.05) is 30.3 Å². The van der Waals surface area contributed by atoms with E-state index in [9.17, 15) is 18.3 Å². The summed E-state index contributed by atoms with van der Waals surface area (Å²) in [5.74, 6) is -1.18. The highest BCUT2D eigenvalue weighted by Crippen LogP contribution is 2.24. The van der Waals surface area contributed by atoms with Gasteiger partial charge >= 0.3 is 5.97 Å². The summed E-state index contributed by atoms with van der Waals surface area (Å²) in [7, 11) is -3.89. The molecule has 1 fully saturated rings. The molecule has 3 rings (SSSR count). The second-order valence-corrected chi connectivity index (χ2v) is 8.08. The van der Waals surface area contributed by atoms with Gasteiger partial charge in [0.25, 0.3) is 0 Å². The van der Waals surface area contributed by atoms with Gasteiger partial charge in [-0.05, 0) is 36.6 Å². The number of benzene rings is 2. The molecular weight excluding hydrogens is 368 g/mol. The lowest BCUT2D eigenvalue weighted by Crippen LogP contribution is -2.32. The minimum Gasteiger partial charge on any atom is -0.478 e. The van der Waals surface area contributed by atoms with Crippen molar-refractivity contribution < 1.29 is 23.1 Å². The molecule has 2 aromatic rings. The van der Waals surface area contributed by atoms with Crippen LogP contribution >= 0.6 is 0 Å². The van der Waals surface area contributed by atoms with Crippen molar-refractivity contribution in [3.63, 3.8) is 0 Å². The van der Waals surface area contributed by atoms with E-state index in [0.717, 1.165) is 18.4 Å². The van der Waals surface area contributed by atoms with Crippen molar-refractivity contribution in [3.05, 3.63) is 59.7 Å². The standard InChI is InChI=1S/C19H22N2O5S/c22-19(23)15-8-9-17(20-12-14-5-2-1-3-6-14)18(11-15)27(24,25)21-13-16-7-4-10-26-16/h1-3,5-6,8-9,11,16,20-21H,4,7,10,12-13H2,(H,22,23)/t16-/m1/s1. The maximum Gasteiger partial charge on any atom is 0.335 e. The van der Waals surface area contributed by atoms with Crippen LogP contribution in [0.15, 0.2) is 53.4 Å². The summed E-state index contributed by atoms with van der Waals surface area (Å²) in [6.07, 6.45) is 1.56. The predicted molar refractivity (Wildman–Crippen MR) is 101 cm³/mol. The van der Waals surface area contributed by atoms with Crippen molar-refractivity contribution in [2.45, 2.75) is 30.4 Å². The molecule has 0 saturated carbocycles. The molecule has 0 radical (unpaired) electrons. The maximum atomic E-state index is 12.8. The molecule has 2 aromatic carbocycles. The smallest absolute Gasteiger partial charge is 0.335 e. The zero-order valence-corrected chi connectivity index (χ0v) is 15.5. The first kappa shape index (κ1) is 19.3. The van der Waals surface area contributed by atoms with Crippen molar-refractivity contribution in [3.8, 4) is 0 Å². The van der Waals surface area contributed by atoms with Crippen LogP contribution in [0, 0.1) is 0 Å². The number of hydrogen-bond donors (Lipinski definition) is 3. The molecule has 0 bridgehead atoms. The third-order valence-corrected chi connectivity index (χ3v) is 5.83. The third kappa shape index (κ3) is 5.06. The monoisotopic (exact) mass is 390 g/mol. The van der Waals surface area contributed by atoms with Crippen molar-refractivity contribution in [1.82, 2.24) is 4.72 Å². The number of carbonyl (C=O) groups is 1. The second-order valence-electron chi connectivity index (χ2n) is 6.34. The van der Waals surface area contributed by atoms with E-state index in [4.69, 9.17) is 4.74 Å². The molecule has 1 heterocycles. The topological polar surface area (TPSA) is 105 Å². The number of hydrogen-bond acceptors (Lipinski definition) is 5. The fraction of sp³-hybridized carbons (Fsp3) is 0.316. The van der Waals surface area contributed by atoms with Gasteiger partial charge < -0.3 is 15.2 Å². The number of ether oxygens (including phenoxy) is 1. The highest BCUT2D eigenvalue weighted by atomic mass is 32.2. The molecule has 1 aliphatic heterocycles. The quantitative estimate of drug-likeness (QED) is 0.640. The Labute approximate surface area is 158 Å². The summed E-state index contributed by atoms with van der Waals surface area (Å²) < 4.78 is 33.6. The minimum absolute atomic E-state index is 0.0854. The molecule has 0 amide bonds. The lowest BCUT2D eigenvalue weighted by Gasteiger charge is -2.16. The Kier molecular flexibility index (Phi) is 6.10.